The number of imide groups is 1. The minimum absolute atomic E-state index is 0.0475. The zero-order valence-corrected chi connectivity index (χ0v) is 16.9. The van der Waals surface area contributed by atoms with Gasteiger partial charge in [0.05, 0.1) is 38.2 Å². The molecule has 2 amide bonds. The molecule has 1 aromatic heterocycles. The summed E-state index contributed by atoms with van der Waals surface area (Å²) in [5, 5.41) is 19.1. The van der Waals surface area contributed by atoms with Gasteiger partial charge in [-0.15, -0.1) is 11.3 Å². The molecule has 0 atom stereocenters. The number of amides is 2. The minimum Gasteiger partial charge on any atom is -0.478 e. The standard InChI is InChI=1S/C23H12N2O6S/c26-20-14-9-6-12(22(28)29)10-16(14)21(27)25(20)13-7-4-11(5-8-13)19-24-18-15(23(30)31)2-1-3-17(18)32-19/h1-10H,(H,28,29)(H,30,31). The van der Waals surface area contributed by atoms with Crippen LogP contribution in [0.2, 0.25) is 0 Å². The Morgan fingerprint density at radius 3 is 2.25 bits per heavy atom. The van der Waals surface area contributed by atoms with Crippen molar-refractivity contribution in [3.63, 3.8) is 0 Å². The van der Waals surface area contributed by atoms with Gasteiger partial charge in [0, 0.05) is 5.56 Å². The van der Waals surface area contributed by atoms with E-state index in [4.69, 9.17) is 5.11 Å². The van der Waals surface area contributed by atoms with Crippen molar-refractivity contribution in [3.8, 4) is 10.6 Å². The molecule has 156 valence electrons. The summed E-state index contributed by atoms with van der Waals surface area (Å²) in [7, 11) is 0. The van der Waals surface area contributed by atoms with Crippen LogP contribution in [0.1, 0.15) is 41.4 Å². The molecule has 3 aromatic carbocycles. The fraction of sp³-hybridized carbons (Fsp3) is 0. The van der Waals surface area contributed by atoms with Crippen molar-refractivity contribution in [2.75, 3.05) is 4.90 Å². The molecule has 5 rings (SSSR count). The zero-order valence-electron chi connectivity index (χ0n) is 16.1. The fourth-order valence-electron chi connectivity index (χ4n) is 3.61. The quantitative estimate of drug-likeness (QED) is 0.453. The molecule has 4 aromatic rings. The highest BCUT2D eigenvalue weighted by molar-refractivity contribution is 7.21. The van der Waals surface area contributed by atoms with Gasteiger partial charge in [-0.3, -0.25) is 9.59 Å². The smallest absolute Gasteiger partial charge is 0.337 e. The second-order valence-electron chi connectivity index (χ2n) is 7.03. The number of fused-ring (bicyclic) bond motifs is 2. The number of carboxylic acids is 2. The number of anilines is 1. The lowest BCUT2D eigenvalue weighted by atomic mass is 10.1. The second-order valence-corrected chi connectivity index (χ2v) is 8.07. The number of para-hydroxylation sites is 1. The lowest BCUT2D eigenvalue weighted by Gasteiger charge is -2.14. The molecule has 0 radical (unpaired) electrons. The van der Waals surface area contributed by atoms with Crippen LogP contribution in [0, 0.1) is 0 Å². The van der Waals surface area contributed by atoms with E-state index in [9.17, 15) is 24.3 Å². The molecular formula is C23H12N2O6S. The molecule has 0 unspecified atom stereocenters. The highest BCUT2D eigenvalue weighted by atomic mass is 32.1. The van der Waals surface area contributed by atoms with Crippen LogP contribution in [0.4, 0.5) is 5.69 Å². The third-order valence-corrected chi connectivity index (χ3v) is 6.23. The second kappa shape index (κ2) is 7.10. The molecule has 0 fully saturated rings. The average molecular weight is 444 g/mol. The van der Waals surface area contributed by atoms with E-state index in [1.165, 1.54) is 35.6 Å². The zero-order chi connectivity index (χ0) is 22.6. The number of aromatic nitrogens is 1. The molecule has 9 heteroatoms. The Hall–Kier alpha value is -4.37. The largest absolute Gasteiger partial charge is 0.478 e. The van der Waals surface area contributed by atoms with Crippen LogP contribution >= 0.6 is 11.3 Å². The molecule has 1 aliphatic rings. The van der Waals surface area contributed by atoms with E-state index in [1.54, 1.807) is 36.4 Å². The van der Waals surface area contributed by atoms with E-state index in [0.717, 1.165) is 9.60 Å². The fourth-order valence-corrected chi connectivity index (χ4v) is 4.60. The maximum absolute atomic E-state index is 12.8. The number of nitrogens with zero attached hydrogens (tertiary/aromatic N) is 2. The predicted molar refractivity (Wildman–Crippen MR) is 117 cm³/mol. The molecule has 1 aliphatic heterocycles. The van der Waals surface area contributed by atoms with Crippen molar-refractivity contribution < 1.29 is 29.4 Å². The van der Waals surface area contributed by atoms with E-state index in [2.05, 4.69) is 4.98 Å². The van der Waals surface area contributed by atoms with Crippen LogP contribution in [0.15, 0.2) is 60.7 Å². The number of aromatic carboxylic acids is 2. The van der Waals surface area contributed by atoms with Gasteiger partial charge in [0.2, 0.25) is 0 Å². The molecule has 0 spiro atoms. The lowest BCUT2D eigenvalue weighted by Crippen LogP contribution is -2.29. The average Bonchev–Trinajstić information content (AvgIpc) is 3.32. The third-order valence-electron chi connectivity index (χ3n) is 5.16. The maximum Gasteiger partial charge on any atom is 0.337 e. The number of carboxylic acid groups (broad SMARTS) is 2. The first-order valence-electron chi connectivity index (χ1n) is 9.34. The van der Waals surface area contributed by atoms with Crippen LogP contribution < -0.4 is 4.90 Å². The van der Waals surface area contributed by atoms with Gasteiger partial charge in [-0.1, -0.05) is 6.07 Å². The summed E-state index contributed by atoms with van der Waals surface area (Å²) in [5.41, 5.74) is 1.69. The van der Waals surface area contributed by atoms with Crippen molar-refractivity contribution in [2.45, 2.75) is 0 Å². The Balaban J connectivity index is 1.49. The number of carbonyl (C=O) groups excluding carboxylic acids is 2. The predicted octanol–water partition coefficient (Wildman–Crippen LogP) is 4.16. The first-order chi connectivity index (χ1) is 15.3. The first kappa shape index (κ1) is 19.6. The summed E-state index contributed by atoms with van der Waals surface area (Å²) in [5.74, 6) is -3.36. The Morgan fingerprint density at radius 1 is 0.844 bits per heavy atom. The molecular weight excluding hydrogens is 432 g/mol. The highest BCUT2D eigenvalue weighted by Gasteiger charge is 2.37. The summed E-state index contributed by atoms with van der Waals surface area (Å²) in [6, 6.07) is 15.4. The lowest BCUT2D eigenvalue weighted by molar-refractivity contribution is 0.0687. The normalized spacial score (nSPS) is 12.9. The van der Waals surface area contributed by atoms with E-state index in [-0.39, 0.29) is 22.3 Å². The Labute approximate surface area is 184 Å². The Bertz CT molecular complexity index is 1470. The highest BCUT2D eigenvalue weighted by Crippen LogP contribution is 2.34. The van der Waals surface area contributed by atoms with Gasteiger partial charge in [-0.25, -0.2) is 19.5 Å². The van der Waals surface area contributed by atoms with Crippen molar-refractivity contribution >= 4 is 51.0 Å². The van der Waals surface area contributed by atoms with Crippen LogP contribution in [-0.4, -0.2) is 39.0 Å². The van der Waals surface area contributed by atoms with Crippen LogP contribution in [-0.2, 0) is 0 Å². The Morgan fingerprint density at radius 2 is 1.56 bits per heavy atom. The van der Waals surface area contributed by atoms with Crippen molar-refractivity contribution in [3.05, 3.63) is 82.9 Å². The van der Waals surface area contributed by atoms with E-state index in [0.29, 0.717) is 21.8 Å². The Kier molecular flexibility index (Phi) is 4.35. The summed E-state index contributed by atoms with van der Waals surface area (Å²) in [6.07, 6.45) is 0. The number of hydrogen-bond acceptors (Lipinski definition) is 6. The molecule has 0 saturated heterocycles. The molecule has 0 aliphatic carbocycles. The van der Waals surface area contributed by atoms with Crippen LogP contribution in [0.3, 0.4) is 0 Å². The van der Waals surface area contributed by atoms with Gasteiger partial charge in [0.25, 0.3) is 11.8 Å². The van der Waals surface area contributed by atoms with Gasteiger partial charge in [-0.2, -0.15) is 0 Å². The topological polar surface area (TPSA) is 125 Å². The van der Waals surface area contributed by atoms with Crippen molar-refractivity contribution in [2.24, 2.45) is 0 Å². The molecule has 0 saturated carbocycles. The number of rotatable bonds is 4. The SMILES string of the molecule is O=C(O)c1ccc2c(c1)C(=O)N(c1ccc(-c3nc4c(C(=O)O)cccc4s3)cc1)C2=O. The van der Waals surface area contributed by atoms with Gasteiger partial charge < -0.3 is 10.2 Å². The van der Waals surface area contributed by atoms with Crippen molar-refractivity contribution in [1.29, 1.82) is 0 Å². The maximum atomic E-state index is 12.8. The number of hydrogen-bond donors (Lipinski definition) is 2. The number of benzene rings is 3. The van der Waals surface area contributed by atoms with Crippen LogP contribution in [0.5, 0.6) is 0 Å². The summed E-state index contributed by atoms with van der Waals surface area (Å²) in [6.45, 7) is 0. The third kappa shape index (κ3) is 2.95. The number of carbonyl (C=O) groups is 4. The van der Waals surface area contributed by atoms with E-state index >= 15 is 0 Å². The van der Waals surface area contributed by atoms with Gasteiger partial charge in [0.15, 0.2) is 0 Å². The summed E-state index contributed by atoms with van der Waals surface area (Å²) in [4.78, 5) is 53.6. The van der Waals surface area contributed by atoms with Gasteiger partial charge in [0.1, 0.15) is 5.01 Å². The summed E-state index contributed by atoms with van der Waals surface area (Å²) >= 11 is 1.34. The molecule has 8 nitrogen and oxygen atoms in total. The molecule has 32 heavy (non-hydrogen) atoms. The monoisotopic (exact) mass is 444 g/mol. The minimum atomic E-state index is -1.18. The van der Waals surface area contributed by atoms with Gasteiger partial charge in [-0.05, 0) is 54.6 Å². The summed E-state index contributed by atoms with van der Waals surface area (Å²) < 4.78 is 0.735. The molecule has 2 heterocycles. The number of thiazole rings is 1. The van der Waals surface area contributed by atoms with Crippen LogP contribution in [0.25, 0.3) is 20.8 Å². The first-order valence-corrected chi connectivity index (χ1v) is 10.2. The molecule has 2 N–H and O–H groups in total. The van der Waals surface area contributed by atoms with Gasteiger partial charge >= 0.3 is 11.9 Å². The van der Waals surface area contributed by atoms with E-state index in [1.807, 2.05) is 0 Å². The van der Waals surface area contributed by atoms with Crippen molar-refractivity contribution in [1.82, 2.24) is 4.98 Å². The molecule has 0 bridgehead atoms. The van der Waals surface area contributed by atoms with E-state index < -0.39 is 23.8 Å².